The maximum Gasteiger partial charge on any atom is 0.0474 e. The lowest BCUT2D eigenvalue weighted by Crippen LogP contribution is -2.00. The number of hydrogen-bond donors (Lipinski definition) is 0. The van der Waals surface area contributed by atoms with E-state index >= 15 is 0 Å². The first kappa shape index (κ1) is 10.8. The van der Waals surface area contributed by atoms with Gasteiger partial charge < -0.3 is 0 Å². The molecule has 1 aromatic carbocycles. The Morgan fingerprint density at radius 1 is 1.08 bits per heavy atom. The predicted octanol–water partition coefficient (Wildman–Crippen LogP) is 3.72. The minimum Gasteiger partial charge on any atom is -0.122 e. The van der Waals surface area contributed by atoms with Gasteiger partial charge in [-0.25, -0.2) is 0 Å². The number of rotatable bonds is 4. The van der Waals surface area contributed by atoms with Crippen LogP contribution in [0.2, 0.25) is 19.1 Å². The van der Waals surface area contributed by atoms with Gasteiger partial charge in [-0.05, 0) is 17.5 Å². The molecule has 0 atom stereocenters. The number of benzene rings is 1. The molecule has 0 fully saturated rings. The quantitative estimate of drug-likeness (QED) is 0.526. The van der Waals surface area contributed by atoms with E-state index in [9.17, 15) is 0 Å². The van der Waals surface area contributed by atoms with Gasteiger partial charge in [0.25, 0.3) is 0 Å². The average molecular weight is 212 g/mol. The van der Waals surface area contributed by atoms with Crippen molar-refractivity contribution in [2.45, 2.75) is 31.4 Å². The van der Waals surface area contributed by atoms with Crippen LogP contribution in [0.4, 0.5) is 0 Å². The summed E-state index contributed by atoms with van der Waals surface area (Å²) in [4.78, 5) is 0. The Bertz CT molecular complexity index is 241. The Hall–Kier alpha value is -0.273. The van der Waals surface area contributed by atoms with Crippen LogP contribution in [0.15, 0.2) is 24.3 Å². The maximum atomic E-state index is 5.71. The highest BCUT2D eigenvalue weighted by Crippen LogP contribution is 2.09. The van der Waals surface area contributed by atoms with E-state index < -0.39 is 0 Å². The molecule has 2 heteroatoms. The van der Waals surface area contributed by atoms with Crippen LogP contribution in [0.5, 0.6) is 0 Å². The van der Waals surface area contributed by atoms with E-state index in [0.717, 1.165) is 0 Å². The summed E-state index contributed by atoms with van der Waals surface area (Å²) in [7, 11) is -0.0737. The first-order valence-electron chi connectivity index (χ1n) is 4.65. The van der Waals surface area contributed by atoms with E-state index in [-0.39, 0.29) is 8.80 Å². The predicted molar refractivity (Wildman–Crippen MR) is 62.0 cm³/mol. The summed E-state index contributed by atoms with van der Waals surface area (Å²) < 4.78 is 0. The van der Waals surface area contributed by atoms with Gasteiger partial charge in [-0.3, -0.25) is 0 Å². The van der Waals surface area contributed by atoms with E-state index in [0.29, 0.717) is 5.88 Å². The van der Waals surface area contributed by atoms with Crippen molar-refractivity contribution in [1.29, 1.82) is 0 Å². The van der Waals surface area contributed by atoms with Crippen molar-refractivity contribution in [2.75, 3.05) is 0 Å². The van der Waals surface area contributed by atoms with E-state index in [1.54, 1.807) is 0 Å². The second-order valence-electron chi connectivity index (χ2n) is 3.66. The summed E-state index contributed by atoms with van der Waals surface area (Å²) in [5, 5.41) is 0. The molecule has 71 valence electrons. The number of aryl methyl sites for hydroxylation is 1. The third-order valence-corrected chi connectivity index (χ3v) is 3.65. The Kier molecular flexibility index (Phi) is 4.53. The van der Waals surface area contributed by atoms with Crippen LogP contribution in [0.25, 0.3) is 0 Å². The number of alkyl halides is 1. The molecular formula is C11H16ClSi. The normalized spacial score (nSPS) is 10.8. The van der Waals surface area contributed by atoms with Crippen molar-refractivity contribution in [1.82, 2.24) is 0 Å². The zero-order valence-corrected chi connectivity index (χ0v) is 10.1. The highest BCUT2D eigenvalue weighted by molar-refractivity contribution is 6.55. The zero-order valence-electron chi connectivity index (χ0n) is 8.31. The Morgan fingerprint density at radius 2 is 1.62 bits per heavy atom. The zero-order chi connectivity index (χ0) is 9.68. The van der Waals surface area contributed by atoms with Crippen molar-refractivity contribution < 1.29 is 0 Å². The molecule has 0 spiro atoms. The molecule has 1 radical (unpaired) electrons. The first-order valence-corrected chi connectivity index (χ1v) is 7.89. The largest absolute Gasteiger partial charge is 0.122 e. The van der Waals surface area contributed by atoms with Crippen LogP contribution < -0.4 is 0 Å². The first-order chi connectivity index (χ1) is 6.22. The molecule has 1 rings (SSSR count). The average Bonchev–Trinajstić information content (AvgIpc) is 2.15. The molecule has 0 amide bonds. The van der Waals surface area contributed by atoms with Crippen molar-refractivity contribution in [3.8, 4) is 0 Å². The van der Waals surface area contributed by atoms with Gasteiger partial charge in [0.05, 0.1) is 0 Å². The van der Waals surface area contributed by atoms with Gasteiger partial charge in [0.1, 0.15) is 0 Å². The van der Waals surface area contributed by atoms with Gasteiger partial charge in [0.15, 0.2) is 0 Å². The molecule has 0 aliphatic heterocycles. The second kappa shape index (κ2) is 5.46. The van der Waals surface area contributed by atoms with E-state index in [1.165, 1.54) is 23.6 Å². The molecule has 1 aromatic rings. The molecule has 0 nitrogen and oxygen atoms in total. The molecule has 0 aliphatic carbocycles. The fourth-order valence-corrected chi connectivity index (χ4v) is 2.16. The van der Waals surface area contributed by atoms with Gasteiger partial charge in [-0.2, -0.15) is 0 Å². The maximum absolute atomic E-state index is 5.71. The lowest BCUT2D eigenvalue weighted by molar-refractivity contribution is 1.11. The third kappa shape index (κ3) is 3.97. The minimum atomic E-state index is -0.0737. The van der Waals surface area contributed by atoms with Gasteiger partial charge >= 0.3 is 0 Å². The Labute approximate surface area is 87.5 Å². The van der Waals surface area contributed by atoms with Gasteiger partial charge in [-0.15, -0.1) is 11.6 Å². The van der Waals surface area contributed by atoms with Gasteiger partial charge in [0.2, 0.25) is 0 Å². The van der Waals surface area contributed by atoms with Crippen LogP contribution in [-0.2, 0) is 12.3 Å². The molecule has 0 bridgehead atoms. The lowest BCUT2D eigenvalue weighted by atomic mass is 10.1. The standard InChI is InChI=1S/C11H16ClSi/c1-13(2)8-7-10-3-5-11(9-12)6-4-10/h3-6H,7-9H2,1-2H3. The summed E-state index contributed by atoms with van der Waals surface area (Å²) in [6.07, 6.45) is 1.23. The van der Waals surface area contributed by atoms with Crippen LogP contribution in [0, 0.1) is 0 Å². The van der Waals surface area contributed by atoms with Crippen molar-refractivity contribution in [2.24, 2.45) is 0 Å². The number of hydrogen-bond acceptors (Lipinski definition) is 0. The molecule has 0 unspecified atom stereocenters. The van der Waals surface area contributed by atoms with Crippen LogP contribution in [0.1, 0.15) is 11.1 Å². The highest BCUT2D eigenvalue weighted by Gasteiger charge is 1.98. The van der Waals surface area contributed by atoms with E-state index in [1.807, 2.05) is 0 Å². The molecule has 0 aromatic heterocycles. The van der Waals surface area contributed by atoms with E-state index in [2.05, 4.69) is 37.4 Å². The Morgan fingerprint density at radius 3 is 2.08 bits per heavy atom. The summed E-state index contributed by atoms with van der Waals surface area (Å²) in [5.41, 5.74) is 2.66. The highest BCUT2D eigenvalue weighted by atomic mass is 35.5. The molecule has 0 saturated heterocycles. The molecule has 0 N–H and O–H groups in total. The lowest BCUT2D eigenvalue weighted by Gasteiger charge is -2.03. The fraction of sp³-hybridized carbons (Fsp3) is 0.455. The summed E-state index contributed by atoms with van der Waals surface area (Å²) in [5.74, 6) is 0.622. The van der Waals surface area contributed by atoms with Crippen LogP contribution >= 0.6 is 11.6 Å². The molecular weight excluding hydrogens is 196 g/mol. The molecule has 0 aliphatic rings. The summed E-state index contributed by atoms with van der Waals surface area (Å²) >= 11 is 5.71. The third-order valence-electron chi connectivity index (χ3n) is 2.09. The SMILES string of the molecule is C[Si](C)CCc1ccc(CCl)cc1. The number of halogens is 1. The van der Waals surface area contributed by atoms with Gasteiger partial charge in [0, 0.05) is 14.7 Å². The van der Waals surface area contributed by atoms with Gasteiger partial charge in [-0.1, -0.05) is 43.4 Å². The molecule has 0 heterocycles. The minimum absolute atomic E-state index is 0.0737. The second-order valence-corrected chi connectivity index (χ2v) is 6.84. The van der Waals surface area contributed by atoms with Crippen molar-refractivity contribution >= 4 is 20.4 Å². The molecule has 0 saturated carbocycles. The monoisotopic (exact) mass is 211 g/mol. The summed E-state index contributed by atoms with van der Waals surface area (Å²) in [6, 6.07) is 10.0. The Balaban J connectivity index is 2.49. The topological polar surface area (TPSA) is 0 Å². The summed E-state index contributed by atoms with van der Waals surface area (Å²) in [6.45, 7) is 4.72. The van der Waals surface area contributed by atoms with Crippen molar-refractivity contribution in [3.05, 3.63) is 35.4 Å². The fourth-order valence-electron chi connectivity index (χ4n) is 1.19. The smallest absolute Gasteiger partial charge is 0.0474 e. The van der Waals surface area contributed by atoms with Crippen LogP contribution in [0.3, 0.4) is 0 Å². The van der Waals surface area contributed by atoms with Crippen molar-refractivity contribution in [3.63, 3.8) is 0 Å². The van der Waals surface area contributed by atoms with Crippen LogP contribution in [-0.4, -0.2) is 8.80 Å². The molecule has 13 heavy (non-hydrogen) atoms. The van der Waals surface area contributed by atoms with E-state index in [4.69, 9.17) is 11.6 Å².